The summed E-state index contributed by atoms with van der Waals surface area (Å²) in [5.74, 6) is 0.622. The van der Waals surface area contributed by atoms with Gasteiger partial charge in [-0.1, -0.05) is 5.21 Å². The second kappa shape index (κ2) is 6.45. The highest BCUT2D eigenvalue weighted by molar-refractivity contribution is 7.89. The Hall–Kier alpha value is -1.93. The third-order valence-corrected chi connectivity index (χ3v) is 4.76. The van der Waals surface area contributed by atoms with Crippen molar-refractivity contribution in [3.63, 3.8) is 0 Å². The van der Waals surface area contributed by atoms with Gasteiger partial charge in [0.2, 0.25) is 10.0 Å². The van der Waals surface area contributed by atoms with Crippen molar-refractivity contribution in [1.29, 1.82) is 0 Å². The Morgan fingerprint density at radius 3 is 2.64 bits per heavy atom. The Morgan fingerprint density at radius 2 is 2.09 bits per heavy atom. The van der Waals surface area contributed by atoms with Gasteiger partial charge in [-0.25, -0.2) is 17.8 Å². The highest BCUT2D eigenvalue weighted by Gasteiger charge is 2.17. The lowest BCUT2D eigenvalue weighted by molar-refractivity contribution is 0.414. The number of hydrogen-bond acceptors (Lipinski definition) is 5. The second-order valence-corrected chi connectivity index (χ2v) is 6.97. The molecule has 0 bridgehead atoms. The van der Waals surface area contributed by atoms with E-state index in [2.05, 4.69) is 15.0 Å². The average Bonchev–Trinajstić information content (AvgIpc) is 2.94. The van der Waals surface area contributed by atoms with E-state index < -0.39 is 10.0 Å². The molecule has 22 heavy (non-hydrogen) atoms. The number of rotatable bonds is 6. The molecule has 0 aliphatic carbocycles. The number of benzene rings is 1. The molecule has 120 valence electrons. The van der Waals surface area contributed by atoms with Crippen molar-refractivity contribution in [3.05, 3.63) is 35.7 Å². The number of sulfonamides is 1. The second-order valence-electron chi connectivity index (χ2n) is 5.24. The van der Waals surface area contributed by atoms with E-state index >= 15 is 0 Å². The molecule has 0 fully saturated rings. The molecule has 1 N–H and O–H groups in total. The number of aromatic nitrogens is 3. The fourth-order valence-electron chi connectivity index (χ4n) is 1.94. The average molecular weight is 324 g/mol. The minimum Gasteiger partial charge on any atom is -0.497 e. The monoisotopic (exact) mass is 324 g/mol. The molecule has 2 aromatic rings. The summed E-state index contributed by atoms with van der Waals surface area (Å²) in [5.41, 5.74) is 1.20. The summed E-state index contributed by atoms with van der Waals surface area (Å²) in [7, 11) is -2.07. The lowest BCUT2D eigenvalue weighted by atomic mass is 10.2. The Morgan fingerprint density at radius 1 is 1.36 bits per heavy atom. The summed E-state index contributed by atoms with van der Waals surface area (Å²) < 4.78 is 34.0. The summed E-state index contributed by atoms with van der Waals surface area (Å²) in [6.45, 7) is 5.78. The number of nitrogens with one attached hydrogen (secondary N) is 1. The van der Waals surface area contributed by atoms with Crippen molar-refractivity contribution in [1.82, 2.24) is 19.7 Å². The quantitative estimate of drug-likeness (QED) is 0.873. The van der Waals surface area contributed by atoms with Crippen LogP contribution < -0.4 is 9.46 Å². The standard InChI is InChI=1S/C14H20N4O3S/c1-10(2)18-9-12(16-17-18)8-15-22(19,20)14-6-5-13(21-4)7-11(14)3/h5-7,9-10,15H,8H2,1-4H3. The smallest absolute Gasteiger partial charge is 0.241 e. The van der Waals surface area contributed by atoms with Gasteiger partial charge in [0.1, 0.15) is 5.75 Å². The summed E-state index contributed by atoms with van der Waals surface area (Å²) >= 11 is 0. The maximum atomic E-state index is 12.4. The van der Waals surface area contributed by atoms with Crippen molar-refractivity contribution in [2.45, 2.75) is 38.3 Å². The largest absolute Gasteiger partial charge is 0.497 e. The van der Waals surface area contributed by atoms with Crippen molar-refractivity contribution < 1.29 is 13.2 Å². The molecule has 0 spiro atoms. The first-order valence-electron chi connectivity index (χ1n) is 6.88. The number of nitrogens with zero attached hydrogens (tertiary/aromatic N) is 3. The molecule has 0 amide bonds. The van der Waals surface area contributed by atoms with Gasteiger partial charge >= 0.3 is 0 Å². The number of methoxy groups -OCH3 is 1. The highest BCUT2D eigenvalue weighted by Crippen LogP contribution is 2.20. The number of ether oxygens (including phenoxy) is 1. The topological polar surface area (TPSA) is 86.1 Å². The molecule has 0 radical (unpaired) electrons. The van der Waals surface area contributed by atoms with Crippen LogP contribution in [0.1, 0.15) is 31.1 Å². The normalized spacial score (nSPS) is 11.9. The summed E-state index contributed by atoms with van der Waals surface area (Å²) in [4.78, 5) is 0.226. The molecular weight excluding hydrogens is 304 g/mol. The fraction of sp³-hybridized carbons (Fsp3) is 0.429. The lowest BCUT2D eigenvalue weighted by Crippen LogP contribution is -2.24. The third kappa shape index (κ3) is 3.63. The molecular formula is C14H20N4O3S. The molecule has 1 heterocycles. The molecule has 7 nitrogen and oxygen atoms in total. The zero-order valence-electron chi connectivity index (χ0n) is 13.1. The minimum atomic E-state index is -3.61. The maximum Gasteiger partial charge on any atom is 0.241 e. The van der Waals surface area contributed by atoms with Crippen LogP contribution in [0.15, 0.2) is 29.3 Å². The van der Waals surface area contributed by atoms with Gasteiger partial charge in [0.25, 0.3) is 0 Å². The Balaban J connectivity index is 2.13. The van der Waals surface area contributed by atoms with E-state index in [1.165, 1.54) is 6.07 Å². The van der Waals surface area contributed by atoms with E-state index in [1.54, 1.807) is 37.0 Å². The molecule has 0 unspecified atom stereocenters. The van der Waals surface area contributed by atoms with Crippen LogP contribution in [0.5, 0.6) is 5.75 Å². The van der Waals surface area contributed by atoms with Crippen LogP contribution in [-0.4, -0.2) is 30.5 Å². The van der Waals surface area contributed by atoms with Crippen LogP contribution in [0.3, 0.4) is 0 Å². The van der Waals surface area contributed by atoms with E-state index in [0.29, 0.717) is 17.0 Å². The molecule has 0 aliphatic heterocycles. The van der Waals surface area contributed by atoms with Crippen LogP contribution in [0, 0.1) is 6.92 Å². The van der Waals surface area contributed by atoms with E-state index in [1.807, 2.05) is 13.8 Å². The lowest BCUT2D eigenvalue weighted by Gasteiger charge is -2.09. The molecule has 1 aromatic heterocycles. The summed E-state index contributed by atoms with van der Waals surface area (Å²) in [6, 6.07) is 5.02. The molecule has 8 heteroatoms. The van der Waals surface area contributed by atoms with Gasteiger partial charge in [0, 0.05) is 6.04 Å². The summed E-state index contributed by atoms with van der Waals surface area (Å²) in [6.07, 6.45) is 1.73. The molecule has 0 saturated heterocycles. The van der Waals surface area contributed by atoms with Crippen LogP contribution in [-0.2, 0) is 16.6 Å². The third-order valence-electron chi connectivity index (χ3n) is 3.20. The highest BCUT2D eigenvalue weighted by atomic mass is 32.2. The predicted molar refractivity (Wildman–Crippen MR) is 82.2 cm³/mol. The van der Waals surface area contributed by atoms with Gasteiger partial charge in [0.15, 0.2) is 0 Å². The van der Waals surface area contributed by atoms with Gasteiger partial charge in [-0.3, -0.25) is 0 Å². The van der Waals surface area contributed by atoms with E-state index in [4.69, 9.17) is 4.74 Å². The molecule has 0 aliphatic rings. The Kier molecular flexibility index (Phi) is 4.82. The Labute approximate surface area is 130 Å². The van der Waals surface area contributed by atoms with Crippen molar-refractivity contribution >= 4 is 10.0 Å². The first kappa shape index (κ1) is 16.4. The van der Waals surface area contributed by atoms with Crippen LogP contribution >= 0.6 is 0 Å². The van der Waals surface area contributed by atoms with Crippen molar-refractivity contribution in [3.8, 4) is 5.75 Å². The van der Waals surface area contributed by atoms with Gasteiger partial charge in [-0.05, 0) is 44.5 Å². The Bertz CT molecular complexity index is 753. The zero-order valence-corrected chi connectivity index (χ0v) is 13.9. The van der Waals surface area contributed by atoms with Gasteiger partial charge in [-0.2, -0.15) is 0 Å². The predicted octanol–water partition coefficient (Wildman–Crippen LogP) is 1.65. The number of aryl methyl sites for hydroxylation is 1. The first-order valence-corrected chi connectivity index (χ1v) is 8.37. The van der Waals surface area contributed by atoms with E-state index in [9.17, 15) is 8.42 Å². The molecule has 0 saturated carbocycles. The summed E-state index contributed by atoms with van der Waals surface area (Å²) in [5, 5.41) is 7.89. The SMILES string of the molecule is COc1ccc(S(=O)(=O)NCc2cn(C(C)C)nn2)c(C)c1. The zero-order chi connectivity index (χ0) is 16.3. The van der Waals surface area contributed by atoms with Crippen LogP contribution in [0.2, 0.25) is 0 Å². The van der Waals surface area contributed by atoms with Crippen LogP contribution in [0.4, 0.5) is 0 Å². The van der Waals surface area contributed by atoms with Crippen molar-refractivity contribution in [2.75, 3.05) is 7.11 Å². The van der Waals surface area contributed by atoms with Crippen molar-refractivity contribution in [2.24, 2.45) is 0 Å². The van der Waals surface area contributed by atoms with Crippen LogP contribution in [0.25, 0.3) is 0 Å². The number of hydrogen-bond donors (Lipinski definition) is 1. The van der Waals surface area contributed by atoms with E-state index in [-0.39, 0.29) is 17.5 Å². The fourth-order valence-corrected chi connectivity index (χ4v) is 3.17. The van der Waals surface area contributed by atoms with Gasteiger partial charge < -0.3 is 4.74 Å². The van der Waals surface area contributed by atoms with Gasteiger partial charge in [0.05, 0.1) is 30.4 Å². The van der Waals surface area contributed by atoms with E-state index in [0.717, 1.165) is 0 Å². The maximum absolute atomic E-state index is 12.4. The first-order chi connectivity index (χ1) is 10.3. The van der Waals surface area contributed by atoms with Gasteiger partial charge in [-0.15, -0.1) is 5.10 Å². The molecule has 0 atom stereocenters. The molecule has 2 rings (SSSR count). The molecule has 1 aromatic carbocycles. The minimum absolute atomic E-state index is 0.0977.